The molecule has 2 aromatic carbocycles. The molecule has 2 bridgehead atoms. The van der Waals surface area contributed by atoms with Gasteiger partial charge in [0, 0.05) is 40.9 Å². The van der Waals surface area contributed by atoms with E-state index in [2.05, 4.69) is 33.8 Å². The van der Waals surface area contributed by atoms with Gasteiger partial charge in [-0.3, -0.25) is 9.80 Å². The van der Waals surface area contributed by atoms with E-state index in [0.29, 0.717) is 42.4 Å². The summed E-state index contributed by atoms with van der Waals surface area (Å²) in [7, 11) is 4.89. The van der Waals surface area contributed by atoms with E-state index in [4.69, 9.17) is 23.7 Å². The molecule has 6 rings (SSSR count). The Bertz CT molecular complexity index is 1500. The van der Waals surface area contributed by atoms with Crippen LogP contribution in [0.25, 0.3) is 0 Å². The summed E-state index contributed by atoms with van der Waals surface area (Å²) < 4.78 is 28.8. The molecule has 42 heavy (non-hydrogen) atoms. The van der Waals surface area contributed by atoms with Gasteiger partial charge in [0.1, 0.15) is 18.4 Å². The number of nitriles is 1. The van der Waals surface area contributed by atoms with Gasteiger partial charge in [-0.15, -0.1) is 0 Å². The van der Waals surface area contributed by atoms with E-state index in [-0.39, 0.29) is 37.2 Å². The average molecular weight is 577 g/mol. The van der Waals surface area contributed by atoms with Crippen molar-refractivity contribution in [2.75, 3.05) is 41.2 Å². The van der Waals surface area contributed by atoms with Crippen LogP contribution in [-0.4, -0.2) is 80.3 Å². The number of carbonyl (C=O) groups is 1. The second-order valence-corrected chi connectivity index (χ2v) is 11.2. The maximum absolute atomic E-state index is 12.4. The number of phenols is 1. The van der Waals surface area contributed by atoms with Crippen molar-refractivity contribution in [3.63, 3.8) is 0 Å². The first-order chi connectivity index (χ1) is 20.3. The standard InChI is InChI=1S/C31H36N4O7/c1-7-8-40-28-16(3)29-30(42-14-41-29)24-18(28)11-20-25-23-17(9-15(2)27(38-5)26(23)36)10-19(34(25)4)21(12-32)35(20)22(24)13-33-31(37)39-6/h7,9,19-22,25,36H,1,8,10-11,13-14H2,2-6H3,(H,33,37)/t19?,20-,21-,22?,25?/m0/s1. The Hall–Kier alpha value is -4.14. The molecule has 0 radical (unpaired) electrons. The minimum atomic E-state index is -0.575. The molecule has 4 heterocycles. The number of hydrogen-bond acceptors (Lipinski definition) is 10. The molecular weight excluding hydrogens is 540 g/mol. The largest absolute Gasteiger partial charge is 0.504 e. The summed E-state index contributed by atoms with van der Waals surface area (Å²) in [6, 6.07) is 2.97. The third-order valence-electron chi connectivity index (χ3n) is 9.24. The van der Waals surface area contributed by atoms with Gasteiger partial charge in [-0.05, 0) is 44.9 Å². The summed E-state index contributed by atoms with van der Waals surface area (Å²) >= 11 is 0. The Balaban J connectivity index is 1.60. The highest BCUT2D eigenvalue weighted by atomic mass is 16.7. The van der Waals surface area contributed by atoms with Gasteiger partial charge in [0.05, 0.1) is 32.4 Å². The Kier molecular flexibility index (Phi) is 7.07. The molecule has 3 unspecified atom stereocenters. The molecule has 222 valence electrons. The third-order valence-corrected chi connectivity index (χ3v) is 9.24. The van der Waals surface area contributed by atoms with Gasteiger partial charge in [-0.1, -0.05) is 18.7 Å². The van der Waals surface area contributed by atoms with Crippen molar-refractivity contribution < 1.29 is 33.6 Å². The maximum Gasteiger partial charge on any atom is 0.406 e. The first-order valence-electron chi connectivity index (χ1n) is 14.1. The normalized spacial score (nSPS) is 25.4. The number of amides is 1. The molecule has 1 fully saturated rings. The molecule has 0 aliphatic carbocycles. The molecule has 11 heteroatoms. The molecule has 2 N–H and O–H groups in total. The molecule has 1 saturated heterocycles. The molecular formula is C31H36N4O7. The van der Waals surface area contributed by atoms with Gasteiger partial charge in [0.2, 0.25) is 6.79 Å². The number of ether oxygens (including phenoxy) is 5. The van der Waals surface area contributed by atoms with E-state index in [1.54, 1.807) is 13.2 Å². The van der Waals surface area contributed by atoms with Crippen molar-refractivity contribution in [3.05, 3.63) is 52.1 Å². The smallest absolute Gasteiger partial charge is 0.406 e. The Morgan fingerprint density at radius 1 is 1.21 bits per heavy atom. The number of aryl methyl sites for hydroxylation is 1. The molecule has 4 aliphatic rings. The minimum Gasteiger partial charge on any atom is -0.504 e. The van der Waals surface area contributed by atoms with E-state index >= 15 is 0 Å². The summed E-state index contributed by atoms with van der Waals surface area (Å²) in [6.07, 6.45) is 2.19. The molecule has 0 aromatic heterocycles. The second kappa shape index (κ2) is 10.6. The Labute approximate surface area is 245 Å². The lowest BCUT2D eigenvalue weighted by Gasteiger charge is -2.60. The lowest BCUT2D eigenvalue weighted by atomic mass is 9.71. The number of alkyl carbamates (subject to hydrolysis) is 1. The zero-order chi connectivity index (χ0) is 29.9. The van der Waals surface area contributed by atoms with E-state index in [1.807, 2.05) is 20.9 Å². The van der Waals surface area contributed by atoms with E-state index in [1.165, 1.54) is 7.11 Å². The van der Waals surface area contributed by atoms with Crippen LogP contribution < -0.4 is 24.3 Å². The van der Waals surface area contributed by atoms with E-state index in [9.17, 15) is 15.2 Å². The monoisotopic (exact) mass is 576 g/mol. The van der Waals surface area contributed by atoms with Crippen LogP contribution in [0.4, 0.5) is 4.79 Å². The van der Waals surface area contributed by atoms with Crippen LogP contribution in [0, 0.1) is 25.2 Å². The number of hydrogen-bond donors (Lipinski definition) is 2. The minimum absolute atomic E-state index is 0.0597. The zero-order valence-electron chi connectivity index (χ0n) is 24.5. The summed E-state index contributed by atoms with van der Waals surface area (Å²) in [5.74, 6) is 2.45. The number of phenolic OH excluding ortho intramolecular Hbond substituents is 1. The number of aromatic hydroxyl groups is 1. The van der Waals surface area contributed by atoms with Gasteiger partial charge in [-0.2, -0.15) is 5.26 Å². The van der Waals surface area contributed by atoms with Crippen LogP contribution in [0.2, 0.25) is 0 Å². The summed E-state index contributed by atoms with van der Waals surface area (Å²) in [5, 5.41) is 25.2. The van der Waals surface area contributed by atoms with Crippen molar-refractivity contribution >= 4 is 6.09 Å². The highest BCUT2D eigenvalue weighted by molar-refractivity contribution is 5.69. The van der Waals surface area contributed by atoms with Crippen molar-refractivity contribution in [1.82, 2.24) is 15.1 Å². The van der Waals surface area contributed by atoms with Crippen molar-refractivity contribution in [2.45, 2.75) is 56.9 Å². The van der Waals surface area contributed by atoms with Gasteiger partial charge < -0.3 is 34.1 Å². The predicted octanol–water partition coefficient (Wildman–Crippen LogP) is 3.44. The number of carbonyl (C=O) groups excluding carboxylic acids is 1. The fourth-order valence-corrected chi connectivity index (χ4v) is 7.62. The topological polar surface area (TPSA) is 126 Å². The van der Waals surface area contributed by atoms with E-state index in [0.717, 1.165) is 33.4 Å². The first kappa shape index (κ1) is 28.0. The number of likely N-dealkylation sites (N-methyl/N-ethyl adjacent to an activating group) is 1. The fourth-order valence-electron chi connectivity index (χ4n) is 7.62. The van der Waals surface area contributed by atoms with Crippen LogP contribution in [0.5, 0.6) is 28.7 Å². The van der Waals surface area contributed by atoms with Crippen LogP contribution in [0.1, 0.15) is 45.5 Å². The predicted molar refractivity (Wildman–Crippen MR) is 152 cm³/mol. The number of fused-ring (bicyclic) bond motifs is 9. The molecule has 11 nitrogen and oxygen atoms in total. The van der Waals surface area contributed by atoms with Gasteiger partial charge in [0.15, 0.2) is 23.0 Å². The number of rotatable bonds is 6. The van der Waals surface area contributed by atoms with Gasteiger partial charge in [-0.25, -0.2) is 4.79 Å². The molecule has 5 atom stereocenters. The number of nitrogens with zero attached hydrogens (tertiary/aromatic N) is 3. The molecule has 1 amide bonds. The van der Waals surface area contributed by atoms with Crippen LogP contribution >= 0.6 is 0 Å². The van der Waals surface area contributed by atoms with Crippen molar-refractivity contribution in [1.29, 1.82) is 5.26 Å². The van der Waals surface area contributed by atoms with Crippen molar-refractivity contribution in [3.8, 4) is 34.8 Å². The Morgan fingerprint density at radius 2 is 1.98 bits per heavy atom. The molecule has 0 saturated carbocycles. The SMILES string of the molecule is C=CCOc1c(C)c2c(c3c1C[C@H]1C4c5c(cc(C)c(OC)c5O)CC([C@H](C#N)N1C3CNC(=O)OC)N4C)OCO2. The summed E-state index contributed by atoms with van der Waals surface area (Å²) in [4.78, 5) is 16.8. The maximum atomic E-state index is 12.4. The van der Waals surface area contributed by atoms with Crippen LogP contribution in [0.3, 0.4) is 0 Å². The zero-order valence-corrected chi connectivity index (χ0v) is 24.5. The number of nitrogens with one attached hydrogen (secondary N) is 1. The van der Waals surface area contributed by atoms with Crippen molar-refractivity contribution in [2.24, 2.45) is 0 Å². The fraction of sp³-hybridized carbons (Fsp3) is 0.484. The van der Waals surface area contributed by atoms with E-state index < -0.39 is 18.2 Å². The number of methoxy groups -OCH3 is 2. The van der Waals surface area contributed by atoms with Crippen LogP contribution in [0.15, 0.2) is 18.7 Å². The number of piperazine rings is 1. The lowest BCUT2D eigenvalue weighted by Crippen LogP contribution is -2.68. The molecule has 2 aromatic rings. The summed E-state index contributed by atoms with van der Waals surface area (Å²) in [5.41, 5.74) is 5.23. The highest BCUT2D eigenvalue weighted by Gasteiger charge is 2.56. The third kappa shape index (κ3) is 3.96. The second-order valence-electron chi connectivity index (χ2n) is 11.2. The Morgan fingerprint density at radius 3 is 2.67 bits per heavy atom. The molecule has 0 spiro atoms. The summed E-state index contributed by atoms with van der Waals surface area (Å²) in [6.45, 7) is 8.20. The highest BCUT2D eigenvalue weighted by Crippen LogP contribution is 2.58. The quantitative estimate of drug-likeness (QED) is 0.494. The first-order valence-corrected chi connectivity index (χ1v) is 14.1. The lowest BCUT2D eigenvalue weighted by molar-refractivity contribution is -0.0722. The van der Waals surface area contributed by atoms with Gasteiger partial charge >= 0.3 is 6.09 Å². The molecule has 4 aliphatic heterocycles. The number of benzene rings is 2. The average Bonchev–Trinajstić information content (AvgIpc) is 3.46. The van der Waals surface area contributed by atoms with Gasteiger partial charge in [0.25, 0.3) is 0 Å². The van der Waals surface area contributed by atoms with Crippen LogP contribution in [-0.2, 0) is 17.6 Å².